The molecule has 0 radical (unpaired) electrons. The molecular weight excluding hydrogens is 374 g/mol. The average Bonchev–Trinajstić information content (AvgIpc) is 3.15. The maximum atomic E-state index is 12.7. The molecule has 28 heavy (non-hydrogen) atoms. The molecule has 3 aromatic rings. The maximum absolute atomic E-state index is 12.7. The van der Waals surface area contributed by atoms with Crippen LogP contribution >= 0.6 is 0 Å². The highest BCUT2D eigenvalue weighted by Crippen LogP contribution is 2.21. The van der Waals surface area contributed by atoms with Gasteiger partial charge in [0.05, 0.1) is 16.3 Å². The number of nitrogens with one attached hydrogen (secondary N) is 1. The topological polar surface area (TPSA) is 81.1 Å². The Morgan fingerprint density at radius 2 is 1.71 bits per heavy atom. The summed E-state index contributed by atoms with van der Waals surface area (Å²) in [7, 11) is -3.27. The highest BCUT2D eigenvalue weighted by molar-refractivity contribution is 7.91. The van der Waals surface area contributed by atoms with Gasteiger partial charge in [-0.05, 0) is 48.4 Å². The summed E-state index contributed by atoms with van der Waals surface area (Å²) in [4.78, 5) is 12.9. The summed E-state index contributed by atoms with van der Waals surface area (Å²) in [5, 5.41) is 7.25. The van der Waals surface area contributed by atoms with Crippen LogP contribution < -0.4 is 5.32 Å². The highest BCUT2D eigenvalue weighted by Gasteiger charge is 2.18. The Balaban J connectivity index is 1.85. The third-order valence-electron chi connectivity index (χ3n) is 4.41. The van der Waals surface area contributed by atoms with Crippen molar-refractivity contribution in [1.82, 2.24) is 9.78 Å². The fourth-order valence-corrected chi connectivity index (χ4v) is 3.69. The molecule has 1 N–H and O–H groups in total. The van der Waals surface area contributed by atoms with Crippen LogP contribution in [0.2, 0.25) is 0 Å². The molecule has 0 spiro atoms. The molecular formula is C21H23N3O3S. The third-order valence-corrected chi connectivity index (χ3v) is 6.16. The lowest BCUT2D eigenvalue weighted by atomic mass is 10.1. The van der Waals surface area contributed by atoms with Gasteiger partial charge in [0.25, 0.3) is 5.91 Å². The minimum absolute atomic E-state index is 0.0353. The van der Waals surface area contributed by atoms with Gasteiger partial charge < -0.3 is 5.32 Å². The molecule has 0 saturated heterocycles. The van der Waals surface area contributed by atoms with Crippen LogP contribution in [0.1, 0.15) is 42.9 Å². The van der Waals surface area contributed by atoms with Crippen LogP contribution in [0.3, 0.4) is 0 Å². The number of anilines is 1. The maximum Gasteiger partial charge on any atom is 0.276 e. The number of para-hydroxylation sites is 1. The molecule has 1 heterocycles. The number of amides is 1. The summed E-state index contributed by atoms with van der Waals surface area (Å²) in [6.07, 6.45) is 0. The summed E-state index contributed by atoms with van der Waals surface area (Å²) in [5.41, 5.74) is 2.64. The van der Waals surface area contributed by atoms with Crippen molar-refractivity contribution in [1.29, 1.82) is 0 Å². The molecule has 0 atom stereocenters. The number of rotatable bonds is 6. The standard InChI is InChI=1S/C21H23N3O3S/c1-4-28(26,27)18-12-10-16(11-13-18)22-21(25)19-14-20(15(2)3)24(23-19)17-8-6-5-7-9-17/h5-15H,4H2,1-3H3,(H,22,25). The molecule has 0 bridgehead atoms. The van der Waals surface area contributed by atoms with Crippen LogP contribution in [-0.2, 0) is 9.84 Å². The van der Waals surface area contributed by atoms with E-state index in [9.17, 15) is 13.2 Å². The monoisotopic (exact) mass is 397 g/mol. The van der Waals surface area contributed by atoms with E-state index in [0.717, 1.165) is 11.4 Å². The van der Waals surface area contributed by atoms with E-state index in [1.165, 1.54) is 12.1 Å². The lowest BCUT2D eigenvalue weighted by Crippen LogP contribution is -2.13. The van der Waals surface area contributed by atoms with E-state index in [-0.39, 0.29) is 22.5 Å². The minimum atomic E-state index is -3.27. The molecule has 0 fully saturated rings. The van der Waals surface area contributed by atoms with Gasteiger partial charge in [-0.2, -0.15) is 5.10 Å². The fourth-order valence-electron chi connectivity index (χ4n) is 2.80. The predicted molar refractivity (Wildman–Crippen MR) is 110 cm³/mol. The number of sulfone groups is 1. The Kier molecular flexibility index (Phi) is 5.65. The van der Waals surface area contributed by atoms with Crippen LogP contribution in [0.15, 0.2) is 65.6 Å². The fraction of sp³-hybridized carbons (Fsp3) is 0.238. The molecule has 0 aliphatic rings. The third kappa shape index (κ3) is 4.14. The van der Waals surface area contributed by atoms with Gasteiger partial charge in [0.1, 0.15) is 0 Å². The quantitative estimate of drug-likeness (QED) is 0.681. The second-order valence-corrected chi connectivity index (χ2v) is 9.02. The summed E-state index contributed by atoms with van der Waals surface area (Å²) < 4.78 is 25.6. The second-order valence-electron chi connectivity index (χ2n) is 6.74. The summed E-state index contributed by atoms with van der Waals surface area (Å²) in [6.45, 7) is 5.69. The zero-order valence-electron chi connectivity index (χ0n) is 16.1. The Morgan fingerprint density at radius 3 is 2.29 bits per heavy atom. The van der Waals surface area contributed by atoms with Crippen molar-refractivity contribution in [3.63, 3.8) is 0 Å². The highest BCUT2D eigenvalue weighted by atomic mass is 32.2. The summed E-state index contributed by atoms with van der Waals surface area (Å²) in [5.74, 6) is -0.122. The van der Waals surface area contributed by atoms with Gasteiger partial charge in [0, 0.05) is 11.4 Å². The SMILES string of the molecule is CCS(=O)(=O)c1ccc(NC(=O)c2cc(C(C)C)n(-c3ccccc3)n2)cc1. The molecule has 7 heteroatoms. The smallest absolute Gasteiger partial charge is 0.276 e. The van der Waals surface area contributed by atoms with Gasteiger partial charge in [0.15, 0.2) is 15.5 Å². The van der Waals surface area contributed by atoms with E-state index >= 15 is 0 Å². The lowest BCUT2D eigenvalue weighted by molar-refractivity contribution is 0.102. The molecule has 0 unspecified atom stereocenters. The van der Waals surface area contributed by atoms with Gasteiger partial charge in [-0.1, -0.05) is 39.0 Å². The second kappa shape index (κ2) is 7.98. The number of hydrogen-bond acceptors (Lipinski definition) is 4. The molecule has 2 aromatic carbocycles. The van der Waals surface area contributed by atoms with E-state index in [1.54, 1.807) is 29.8 Å². The van der Waals surface area contributed by atoms with Crippen molar-refractivity contribution in [2.75, 3.05) is 11.1 Å². The molecule has 1 amide bonds. The van der Waals surface area contributed by atoms with E-state index in [4.69, 9.17) is 0 Å². The van der Waals surface area contributed by atoms with Crippen LogP contribution in [0.25, 0.3) is 5.69 Å². The average molecular weight is 398 g/mol. The van der Waals surface area contributed by atoms with Crippen molar-refractivity contribution < 1.29 is 13.2 Å². The van der Waals surface area contributed by atoms with E-state index < -0.39 is 9.84 Å². The van der Waals surface area contributed by atoms with Gasteiger partial charge >= 0.3 is 0 Å². The van der Waals surface area contributed by atoms with E-state index in [1.807, 2.05) is 44.2 Å². The van der Waals surface area contributed by atoms with Gasteiger partial charge in [-0.3, -0.25) is 4.79 Å². The number of nitrogens with zero attached hydrogens (tertiary/aromatic N) is 2. The number of carbonyl (C=O) groups is 1. The molecule has 1 aromatic heterocycles. The summed E-state index contributed by atoms with van der Waals surface area (Å²) in [6, 6.07) is 17.6. The van der Waals surface area contributed by atoms with Crippen LogP contribution in [0.4, 0.5) is 5.69 Å². The Hall–Kier alpha value is -2.93. The Bertz CT molecular complexity index is 1070. The van der Waals surface area contributed by atoms with Crippen LogP contribution in [0, 0.1) is 0 Å². The van der Waals surface area contributed by atoms with Crippen LogP contribution in [-0.4, -0.2) is 29.9 Å². The first-order valence-electron chi connectivity index (χ1n) is 9.11. The number of carbonyl (C=O) groups excluding carboxylic acids is 1. The molecule has 3 rings (SSSR count). The van der Waals surface area contributed by atoms with Crippen LogP contribution in [0.5, 0.6) is 0 Å². The lowest BCUT2D eigenvalue weighted by Gasteiger charge is -2.09. The normalized spacial score (nSPS) is 11.6. The van der Waals surface area contributed by atoms with E-state index in [2.05, 4.69) is 10.4 Å². The van der Waals surface area contributed by atoms with Crippen molar-refractivity contribution in [2.45, 2.75) is 31.6 Å². The molecule has 0 aliphatic carbocycles. The first kappa shape index (κ1) is 19.8. The van der Waals surface area contributed by atoms with Gasteiger partial charge in [0.2, 0.25) is 0 Å². The first-order valence-corrected chi connectivity index (χ1v) is 10.8. The van der Waals surface area contributed by atoms with Crippen molar-refractivity contribution in [2.24, 2.45) is 0 Å². The Labute approximate surface area is 165 Å². The number of benzene rings is 2. The predicted octanol–water partition coefficient (Wildman–Crippen LogP) is 4.04. The Morgan fingerprint density at radius 1 is 1.07 bits per heavy atom. The minimum Gasteiger partial charge on any atom is -0.321 e. The zero-order valence-corrected chi connectivity index (χ0v) is 16.9. The first-order chi connectivity index (χ1) is 13.3. The number of hydrogen-bond donors (Lipinski definition) is 1. The van der Waals surface area contributed by atoms with E-state index in [0.29, 0.717) is 11.4 Å². The molecule has 0 saturated carbocycles. The van der Waals surface area contributed by atoms with Crippen molar-refractivity contribution in [3.05, 3.63) is 72.1 Å². The number of aromatic nitrogens is 2. The molecule has 146 valence electrons. The zero-order chi connectivity index (χ0) is 20.3. The summed E-state index contributed by atoms with van der Waals surface area (Å²) >= 11 is 0. The molecule has 6 nitrogen and oxygen atoms in total. The molecule has 0 aliphatic heterocycles. The van der Waals surface area contributed by atoms with Gasteiger partial charge in [-0.15, -0.1) is 0 Å². The van der Waals surface area contributed by atoms with Crippen molar-refractivity contribution in [3.8, 4) is 5.69 Å². The van der Waals surface area contributed by atoms with Gasteiger partial charge in [-0.25, -0.2) is 13.1 Å². The van der Waals surface area contributed by atoms with Crippen molar-refractivity contribution >= 4 is 21.4 Å². The largest absolute Gasteiger partial charge is 0.321 e.